The molecule has 18 heavy (non-hydrogen) atoms. The zero-order valence-corrected chi connectivity index (χ0v) is 12.4. The molecule has 1 rings (SSSR count). The highest BCUT2D eigenvalue weighted by molar-refractivity contribution is 7.89. The lowest BCUT2D eigenvalue weighted by Crippen LogP contribution is -2.37. The SMILES string of the molecule is CCC(CO)NS(=O)(=O)c1cc(C)c(Cl)cc1Cl. The Morgan fingerprint density at radius 1 is 1.33 bits per heavy atom. The molecule has 0 aliphatic carbocycles. The summed E-state index contributed by atoms with van der Waals surface area (Å²) in [6.07, 6.45) is 0.486. The zero-order valence-electron chi connectivity index (χ0n) is 10.1. The number of hydrogen-bond donors (Lipinski definition) is 2. The normalized spacial score (nSPS) is 13.6. The molecule has 0 spiro atoms. The highest BCUT2D eigenvalue weighted by atomic mass is 35.5. The predicted molar refractivity (Wildman–Crippen MR) is 72.7 cm³/mol. The second-order valence-corrected chi connectivity index (χ2v) is 6.44. The Balaban J connectivity index is 3.16. The Labute approximate surface area is 117 Å². The van der Waals surface area contributed by atoms with Gasteiger partial charge in [-0.3, -0.25) is 0 Å². The lowest BCUT2D eigenvalue weighted by Gasteiger charge is -2.15. The number of halogens is 2. The molecule has 0 aliphatic rings. The highest BCUT2D eigenvalue weighted by Gasteiger charge is 2.22. The summed E-state index contributed by atoms with van der Waals surface area (Å²) < 4.78 is 26.6. The van der Waals surface area contributed by atoms with Crippen LogP contribution < -0.4 is 4.72 Å². The van der Waals surface area contributed by atoms with E-state index in [0.29, 0.717) is 17.0 Å². The maximum absolute atomic E-state index is 12.1. The number of aryl methyl sites for hydroxylation is 1. The van der Waals surface area contributed by atoms with Crippen molar-refractivity contribution in [1.82, 2.24) is 4.72 Å². The first-order valence-corrected chi connectivity index (χ1v) is 7.64. The van der Waals surface area contributed by atoms with E-state index < -0.39 is 16.1 Å². The van der Waals surface area contributed by atoms with Crippen molar-refractivity contribution in [1.29, 1.82) is 0 Å². The number of sulfonamides is 1. The number of hydrogen-bond acceptors (Lipinski definition) is 3. The number of rotatable bonds is 5. The molecule has 1 aromatic carbocycles. The van der Waals surface area contributed by atoms with Crippen LogP contribution in [0.2, 0.25) is 10.0 Å². The van der Waals surface area contributed by atoms with E-state index in [2.05, 4.69) is 4.72 Å². The summed E-state index contributed by atoms with van der Waals surface area (Å²) in [5.74, 6) is 0. The van der Waals surface area contributed by atoms with E-state index in [0.717, 1.165) is 0 Å². The van der Waals surface area contributed by atoms with Gasteiger partial charge >= 0.3 is 0 Å². The monoisotopic (exact) mass is 311 g/mol. The smallest absolute Gasteiger partial charge is 0.242 e. The van der Waals surface area contributed by atoms with Gasteiger partial charge in [0, 0.05) is 11.1 Å². The van der Waals surface area contributed by atoms with E-state index in [4.69, 9.17) is 28.3 Å². The largest absolute Gasteiger partial charge is 0.395 e. The molecule has 0 radical (unpaired) electrons. The van der Waals surface area contributed by atoms with Crippen molar-refractivity contribution in [2.75, 3.05) is 6.61 Å². The van der Waals surface area contributed by atoms with Gasteiger partial charge in [-0.15, -0.1) is 0 Å². The summed E-state index contributed by atoms with van der Waals surface area (Å²) in [6.45, 7) is 3.21. The average Bonchev–Trinajstić information content (AvgIpc) is 2.30. The summed E-state index contributed by atoms with van der Waals surface area (Å²) in [5, 5.41) is 9.49. The molecule has 4 nitrogen and oxygen atoms in total. The second kappa shape index (κ2) is 6.21. The molecule has 102 valence electrons. The van der Waals surface area contributed by atoms with Gasteiger partial charge in [-0.05, 0) is 31.0 Å². The van der Waals surface area contributed by atoms with Crippen LogP contribution in [0.25, 0.3) is 0 Å². The minimum absolute atomic E-state index is 0.0297. The Bertz CT molecular complexity index is 527. The fourth-order valence-electron chi connectivity index (χ4n) is 1.37. The van der Waals surface area contributed by atoms with Crippen molar-refractivity contribution in [3.05, 3.63) is 27.7 Å². The van der Waals surface area contributed by atoms with Gasteiger partial charge in [-0.2, -0.15) is 0 Å². The molecule has 7 heteroatoms. The van der Waals surface area contributed by atoms with E-state index in [-0.39, 0.29) is 16.5 Å². The second-order valence-electron chi connectivity index (χ2n) is 3.94. The summed E-state index contributed by atoms with van der Waals surface area (Å²) in [6, 6.07) is 2.28. The van der Waals surface area contributed by atoms with Crippen LogP contribution in [0.1, 0.15) is 18.9 Å². The van der Waals surface area contributed by atoms with Crippen LogP contribution >= 0.6 is 23.2 Å². The lowest BCUT2D eigenvalue weighted by molar-refractivity contribution is 0.254. The van der Waals surface area contributed by atoms with Gasteiger partial charge in [0.05, 0.1) is 11.6 Å². The summed E-state index contributed by atoms with van der Waals surface area (Å²) >= 11 is 11.7. The molecule has 0 aliphatic heterocycles. The first-order chi connectivity index (χ1) is 8.31. The first kappa shape index (κ1) is 15.7. The van der Waals surface area contributed by atoms with Crippen LogP contribution in [0.15, 0.2) is 17.0 Å². The van der Waals surface area contributed by atoms with E-state index in [1.807, 2.05) is 0 Å². The topological polar surface area (TPSA) is 66.4 Å². The molecule has 2 N–H and O–H groups in total. The molecule has 0 saturated heterocycles. The van der Waals surface area contributed by atoms with Crippen molar-refractivity contribution in [2.45, 2.75) is 31.2 Å². The number of aliphatic hydroxyl groups excluding tert-OH is 1. The highest BCUT2D eigenvalue weighted by Crippen LogP contribution is 2.28. The maximum atomic E-state index is 12.1. The van der Waals surface area contributed by atoms with Crippen molar-refractivity contribution < 1.29 is 13.5 Å². The van der Waals surface area contributed by atoms with Gasteiger partial charge in [-0.1, -0.05) is 30.1 Å². The number of nitrogens with one attached hydrogen (secondary N) is 1. The van der Waals surface area contributed by atoms with Crippen LogP contribution in [0.4, 0.5) is 0 Å². The van der Waals surface area contributed by atoms with E-state index in [1.54, 1.807) is 13.8 Å². The lowest BCUT2D eigenvalue weighted by atomic mass is 10.2. The average molecular weight is 312 g/mol. The van der Waals surface area contributed by atoms with E-state index in [9.17, 15) is 8.42 Å². The standard InChI is InChI=1S/C11H15Cl2NO3S/c1-3-8(6-15)14-18(16,17)11-4-7(2)9(12)5-10(11)13/h4-5,8,14-15H,3,6H2,1-2H3. The quantitative estimate of drug-likeness (QED) is 0.877. The third-order valence-corrected chi connectivity index (χ3v) is 4.93. The Morgan fingerprint density at radius 3 is 2.44 bits per heavy atom. The van der Waals surface area contributed by atoms with Crippen LogP contribution in [0, 0.1) is 6.92 Å². The fraction of sp³-hybridized carbons (Fsp3) is 0.455. The van der Waals surface area contributed by atoms with Gasteiger partial charge in [-0.25, -0.2) is 13.1 Å². The van der Waals surface area contributed by atoms with Crippen LogP contribution in [0.3, 0.4) is 0 Å². The Morgan fingerprint density at radius 2 is 1.94 bits per heavy atom. The fourth-order valence-corrected chi connectivity index (χ4v) is 3.51. The third-order valence-electron chi connectivity index (χ3n) is 2.54. The number of aliphatic hydroxyl groups is 1. The first-order valence-electron chi connectivity index (χ1n) is 5.40. The third kappa shape index (κ3) is 3.59. The van der Waals surface area contributed by atoms with E-state index in [1.165, 1.54) is 12.1 Å². The van der Waals surface area contributed by atoms with Crippen molar-refractivity contribution in [2.24, 2.45) is 0 Å². The van der Waals surface area contributed by atoms with Crippen molar-refractivity contribution >= 4 is 33.2 Å². The Kier molecular flexibility index (Phi) is 5.43. The molecule has 1 aromatic rings. The zero-order chi connectivity index (χ0) is 13.9. The van der Waals surface area contributed by atoms with Crippen LogP contribution in [0.5, 0.6) is 0 Å². The molecule has 0 saturated carbocycles. The molecule has 1 unspecified atom stereocenters. The number of benzene rings is 1. The minimum atomic E-state index is -3.75. The van der Waals surface area contributed by atoms with Crippen molar-refractivity contribution in [3.8, 4) is 0 Å². The van der Waals surface area contributed by atoms with Gasteiger partial charge < -0.3 is 5.11 Å². The molecular weight excluding hydrogens is 297 g/mol. The van der Waals surface area contributed by atoms with Crippen molar-refractivity contribution in [3.63, 3.8) is 0 Å². The molecule has 1 atom stereocenters. The van der Waals surface area contributed by atoms with Crippen LogP contribution in [-0.4, -0.2) is 26.2 Å². The Hall–Kier alpha value is -0.330. The van der Waals surface area contributed by atoms with Gasteiger partial charge in [0.2, 0.25) is 10.0 Å². The van der Waals surface area contributed by atoms with Gasteiger partial charge in [0.1, 0.15) is 4.90 Å². The minimum Gasteiger partial charge on any atom is -0.395 e. The molecule has 0 amide bonds. The molecular formula is C11H15Cl2NO3S. The van der Waals surface area contributed by atoms with E-state index >= 15 is 0 Å². The molecule has 0 heterocycles. The molecule has 0 bridgehead atoms. The molecule has 0 aromatic heterocycles. The molecule has 0 fully saturated rings. The maximum Gasteiger partial charge on any atom is 0.242 e. The summed E-state index contributed by atoms with van der Waals surface area (Å²) in [4.78, 5) is -0.0297. The van der Waals surface area contributed by atoms with Crippen LogP contribution in [-0.2, 0) is 10.0 Å². The predicted octanol–water partition coefficient (Wildman–Crippen LogP) is 2.35. The van der Waals surface area contributed by atoms with Gasteiger partial charge in [0.25, 0.3) is 0 Å². The summed E-state index contributed by atoms with van der Waals surface area (Å²) in [7, 11) is -3.75. The summed E-state index contributed by atoms with van der Waals surface area (Å²) in [5.41, 5.74) is 0.624. The van der Waals surface area contributed by atoms with Gasteiger partial charge in [0.15, 0.2) is 0 Å².